The van der Waals surface area contributed by atoms with Crippen molar-refractivity contribution in [1.82, 2.24) is 0 Å². The van der Waals surface area contributed by atoms with Crippen LogP contribution in [-0.4, -0.2) is 12.5 Å². The van der Waals surface area contributed by atoms with Gasteiger partial charge in [0.2, 0.25) is 0 Å². The number of halogens is 2. The topological polar surface area (TPSA) is 38.3 Å². The van der Waals surface area contributed by atoms with E-state index in [1.165, 1.54) is 30.3 Å². The molecule has 0 unspecified atom stereocenters. The molecular formula is C15H13F2NO2. The molecule has 0 radical (unpaired) electrons. The lowest BCUT2D eigenvalue weighted by Crippen LogP contribution is -2.21. The highest BCUT2D eigenvalue weighted by Gasteiger charge is 2.09. The highest BCUT2D eigenvalue weighted by molar-refractivity contribution is 5.92. The SMILES string of the molecule is Cc1ccc(NC(=O)COc2ccccc2F)c(F)c1. The second-order valence-electron chi connectivity index (χ2n) is 4.25. The van der Waals surface area contributed by atoms with Crippen LogP contribution in [-0.2, 0) is 4.79 Å². The minimum atomic E-state index is -0.559. The van der Waals surface area contributed by atoms with Gasteiger partial charge in [0.25, 0.3) is 5.91 Å². The summed E-state index contributed by atoms with van der Waals surface area (Å²) < 4.78 is 31.8. The molecule has 0 saturated carbocycles. The number of aryl methyl sites for hydroxylation is 1. The van der Waals surface area contributed by atoms with Crippen LogP contribution in [0.15, 0.2) is 42.5 Å². The molecule has 0 aromatic heterocycles. The lowest BCUT2D eigenvalue weighted by Gasteiger charge is -2.09. The van der Waals surface area contributed by atoms with Crippen molar-refractivity contribution in [2.75, 3.05) is 11.9 Å². The maximum atomic E-state index is 13.5. The van der Waals surface area contributed by atoms with E-state index in [1.807, 2.05) is 0 Å². The second-order valence-corrected chi connectivity index (χ2v) is 4.25. The first-order valence-corrected chi connectivity index (χ1v) is 5.99. The number of para-hydroxylation sites is 1. The molecule has 0 aliphatic heterocycles. The molecule has 2 aromatic rings. The molecule has 0 fully saturated rings. The summed E-state index contributed by atoms with van der Waals surface area (Å²) in [5, 5.41) is 2.37. The minimum absolute atomic E-state index is 0.0213. The van der Waals surface area contributed by atoms with Crippen molar-refractivity contribution in [2.24, 2.45) is 0 Å². The Bertz CT molecular complexity index is 629. The average Bonchev–Trinajstić information content (AvgIpc) is 2.41. The number of amides is 1. The summed E-state index contributed by atoms with van der Waals surface area (Å²) in [6.07, 6.45) is 0. The van der Waals surface area contributed by atoms with Crippen molar-refractivity contribution < 1.29 is 18.3 Å². The minimum Gasteiger partial charge on any atom is -0.481 e. The summed E-state index contributed by atoms with van der Waals surface area (Å²) in [6, 6.07) is 10.2. The van der Waals surface area contributed by atoms with E-state index in [9.17, 15) is 13.6 Å². The van der Waals surface area contributed by atoms with Gasteiger partial charge in [0.05, 0.1) is 5.69 Å². The van der Waals surface area contributed by atoms with E-state index in [-0.39, 0.29) is 11.4 Å². The van der Waals surface area contributed by atoms with Crippen molar-refractivity contribution in [3.8, 4) is 5.75 Å². The van der Waals surface area contributed by atoms with Gasteiger partial charge < -0.3 is 10.1 Å². The predicted molar refractivity (Wildman–Crippen MR) is 71.7 cm³/mol. The van der Waals surface area contributed by atoms with Gasteiger partial charge in [-0.1, -0.05) is 18.2 Å². The Labute approximate surface area is 115 Å². The van der Waals surface area contributed by atoms with Crippen molar-refractivity contribution in [2.45, 2.75) is 6.92 Å². The number of carbonyl (C=O) groups excluding carboxylic acids is 1. The average molecular weight is 277 g/mol. The van der Waals surface area contributed by atoms with Crippen LogP contribution < -0.4 is 10.1 Å². The zero-order valence-corrected chi connectivity index (χ0v) is 10.8. The summed E-state index contributed by atoms with van der Waals surface area (Å²) in [4.78, 5) is 11.6. The van der Waals surface area contributed by atoms with Gasteiger partial charge in [-0.25, -0.2) is 8.78 Å². The molecule has 0 bridgehead atoms. The van der Waals surface area contributed by atoms with Gasteiger partial charge in [0.1, 0.15) is 5.82 Å². The molecule has 20 heavy (non-hydrogen) atoms. The van der Waals surface area contributed by atoms with E-state index in [2.05, 4.69) is 5.32 Å². The third kappa shape index (κ3) is 3.54. The summed E-state index contributed by atoms with van der Waals surface area (Å²) in [5.74, 6) is -1.66. The molecule has 2 rings (SSSR count). The monoisotopic (exact) mass is 277 g/mol. The van der Waals surface area contributed by atoms with Crippen molar-refractivity contribution in [1.29, 1.82) is 0 Å². The molecule has 1 amide bonds. The lowest BCUT2D eigenvalue weighted by molar-refractivity contribution is -0.118. The van der Waals surface area contributed by atoms with Crippen molar-refractivity contribution >= 4 is 11.6 Å². The molecule has 3 nitrogen and oxygen atoms in total. The van der Waals surface area contributed by atoms with Gasteiger partial charge in [-0.05, 0) is 36.8 Å². The summed E-state index contributed by atoms with van der Waals surface area (Å²) in [7, 11) is 0. The Hall–Kier alpha value is -2.43. The van der Waals surface area contributed by atoms with E-state index in [1.54, 1.807) is 19.1 Å². The number of ether oxygens (including phenoxy) is 1. The number of rotatable bonds is 4. The first kappa shape index (κ1) is 14.0. The van der Waals surface area contributed by atoms with Crippen LogP contribution in [0.3, 0.4) is 0 Å². The molecule has 104 valence electrons. The third-order valence-electron chi connectivity index (χ3n) is 2.59. The maximum absolute atomic E-state index is 13.5. The number of carbonyl (C=O) groups is 1. The Balaban J connectivity index is 1.94. The molecule has 0 aliphatic rings. The van der Waals surface area contributed by atoms with E-state index in [0.29, 0.717) is 0 Å². The fourth-order valence-corrected chi connectivity index (χ4v) is 1.61. The summed E-state index contributed by atoms with van der Waals surface area (Å²) in [5.41, 5.74) is 0.820. The molecule has 0 atom stereocenters. The zero-order chi connectivity index (χ0) is 14.5. The fourth-order valence-electron chi connectivity index (χ4n) is 1.61. The van der Waals surface area contributed by atoms with Crippen LogP contribution >= 0.6 is 0 Å². The molecule has 0 saturated heterocycles. The number of hydrogen-bond acceptors (Lipinski definition) is 2. The smallest absolute Gasteiger partial charge is 0.262 e. The quantitative estimate of drug-likeness (QED) is 0.931. The maximum Gasteiger partial charge on any atom is 0.262 e. The van der Waals surface area contributed by atoms with Gasteiger partial charge in [-0.2, -0.15) is 0 Å². The van der Waals surface area contributed by atoms with Crippen LogP contribution in [0.25, 0.3) is 0 Å². The number of nitrogens with one attached hydrogen (secondary N) is 1. The largest absolute Gasteiger partial charge is 0.481 e. The number of benzene rings is 2. The highest BCUT2D eigenvalue weighted by atomic mass is 19.1. The standard InChI is InChI=1S/C15H13F2NO2/c1-10-6-7-13(12(17)8-10)18-15(19)9-20-14-5-3-2-4-11(14)16/h2-8H,9H2,1H3,(H,18,19). The van der Waals surface area contributed by atoms with Gasteiger partial charge in [0, 0.05) is 0 Å². The lowest BCUT2D eigenvalue weighted by atomic mass is 10.2. The van der Waals surface area contributed by atoms with Gasteiger partial charge in [-0.15, -0.1) is 0 Å². The Morgan fingerprint density at radius 3 is 2.60 bits per heavy atom. The van der Waals surface area contributed by atoms with Crippen molar-refractivity contribution in [3.05, 3.63) is 59.7 Å². The van der Waals surface area contributed by atoms with Gasteiger partial charge >= 0.3 is 0 Å². The normalized spacial score (nSPS) is 10.2. The summed E-state index contributed by atoms with van der Waals surface area (Å²) in [6.45, 7) is 1.35. The van der Waals surface area contributed by atoms with Gasteiger partial charge in [-0.3, -0.25) is 4.79 Å². The first-order valence-electron chi connectivity index (χ1n) is 5.99. The molecule has 2 aromatic carbocycles. The number of hydrogen-bond donors (Lipinski definition) is 1. The second kappa shape index (κ2) is 6.14. The van der Waals surface area contributed by atoms with E-state index < -0.39 is 24.1 Å². The molecule has 0 aliphatic carbocycles. The first-order chi connectivity index (χ1) is 9.56. The van der Waals surface area contributed by atoms with E-state index in [0.717, 1.165) is 5.56 Å². The highest BCUT2D eigenvalue weighted by Crippen LogP contribution is 2.17. The Morgan fingerprint density at radius 2 is 1.90 bits per heavy atom. The molecular weight excluding hydrogens is 264 g/mol. The van der Waals surface area contributed by atoms with Crippen LogP contribution in [0.5, 0.6) is 5.75 Å². The fraction of sp³-hybridized carbons (Fsp3) is 0.133. The molecule has 0 heterocycles. The van der Waals surface area contributed by atoms with E-state index >= 15 is 0 Å². The van der Waals surface area contributed by atoms with Gasteiger partial charge in [0.15, 0.2) is 18.2 Å². The molecule has 5 heteroatoms. The third-order valence-corrected chi connectivity index (χ3v) is 2.59. The summed E-state index contributed by atoms with van der Waals surface area (Å²) >= 11 is 0. The molecule has 0 spiro atoms. The Morgan fingerprint density at radius 1 is 1.15 bits per heavy atom. The van der Waals surface area contributed by atoms with Crippen LogP contribution in [0.1, 0.15) is 5.56 Å². The number of anilines is 1. The molecule has 1 N–H and O–H groups in total. The Kier molecular flexibility index (Phi) is 4.30. The van der Waals surface area contributed by atoms with E-state index in [4.69, 9.17) is 4.74 Å². The van der Waals surface area contributed by atoms with Crippen LogP contribution in [0.4, 0.5) is 14.5 Å². The van der Waals surface area contributed by atoms with Crippen LogP contribution in [0, 0.1) is 18.6 Å². The van der Waals surface area contributed by atoms with Crippen LogP contribution in [0.2, 0.25) is 0 Å². The van der Waals surface area contributed by atoms with Crippen molar-refractivity contribution in [3.63, 3.8) is 0 Å². The zero-order valence-electron chi connectivity index (χ0n) is 10.8. The predicted octanol–water partition coefficient (Wildman–Crippen LogP) is 3.29.